The van der Waals surface area contributed by atoms with Gasteiger partial charge in [0.1, 0.15) is 22.8 Å². The third-order valence-corrected chi connectivity index (χ3v) is 5.47. The van der Waals surface area contributed by atoms with Gasteiger partial charge in [0.25, 0.3) is 5.91 Å². The van der Waals surface area contributed by atoms with Crippen LogP contribution in [-0.4, -0.2) is 33.7 Å². The third kappa shape index (κ3) is 3.48. The Morgan fingerprint density at radius 2 is 2.09 bits per heavy atom. The molecule has 2 N–H and O–H groups in total. The van der Waals surface area contributed by atoms with Gasteiger partial charge in [-0.25, -0.2) is 4.39 Å². The molecule has 0 spiro atoms. The Kier molecular flexibility index (Phi) is 4.31. The number of hydrogen-bond donors (Lipinski definition) is 2. The maximum Gasteiger partial charge on any atom is 0.252 e. The van der Waals surface area contributed by atoms with Crippen LogP contribution >= 0.6 is 11.8 Å². The molecule has 0 saturated carbocycles. The molecule has 1 saturated heterocycles. The molecule has 126 valence electrons. The van der Waals surface area contributed by atoms with Gasteiger partial charge in [0, 0.05) is 18.1 Å². The zero-order valence-corrected chi connectivity index (χ0v) is 14.2. The molecule has 1 aromatic rings. The van der Waals surface area contributed by atoms with Gasteiger partial charge in [-0.05, 0) is 44.3 Å². The highest BCUT2D eigenvalue weighted by Crippen LogP contribution is 2.40. The lowest BCUT2D eigenvalue weighted by Gasteiger charge is -2.39. The van der Waals surface area contributed by atoms with Gasteiger partial charge < -0.3 is 15.2 Å². The Bertz CT molecular complexity index is 614. The Labute approximate surface area is 139 Å². The van der Waals surface area contributed by atoms with Crippen molar-refractivity contribution in [1.29, 1.82) is 0 Å². The maximum atomic E-state index is 13.5. The van der Waals surface area contributed by atoms with Gasteiger partial charge in [-0.15, -0.1) is 0 Å². The monoisotopic (exact) mass is 339 g/mol. The molecule has 2 heterocycles. The molecule has 0 aliphatic carbocycles. The molecule has 1 unspecified atom stereocenters. The fourth-order valence-electron chi connectivity index (χ4n) is 3.18. The number of carbonyl (C=O) groups excluding carboxylic acids is 1. The first kappa shape index (κ1) is 16.6. The first-order valence-corrected chi connectivity index (χ1v) is 9.04. The van der Waals surface area contributed by atoms with E-state index in [2.05, 4.69) is 5.32 Å². The summed E-state index contributed by atoms with van der Waals surface area (Å²) < 4.78 is 19.3. The Morgan fingerprint density at radius 3 is 2.78 bits per heavy atom. The van der Waals surface area contributed by atoms with E-state index in [1.165, 1.54) is 12.1 Å². The van der Waals surface area contributed by atoms with Crippen LogP contribution in [0.25, 0.3) is 0 Å². The number of ether oxygens (including phenoxy) is 1. The van der Waals surface area contributed by atoms with E-state index in [-0.39, 0.29) is 17.8 Å². The summed E-state index contributed by atoms with van der Waals surface area (Å²) in [6.07, 6.45) is 1.50. The van der Waals surface area contributed by atoms with E-state index in [4.69, 9.17) is 4.74 Å². The highest BCUT2D eigenvalue weighted by Gasteiger charge is 2.41. The van der Waals surface area contributed by atoms with Crippen LogP contribution in [0, 0.1) is 5.82 Å². The van der Waals surface area contributed by atoms with Crippen LogP contribution in [0.15, 0.2) is 18.2 Å². The topological polar surface area (TPSA) is 58.6 Å². The molecule has 1 aromatic carbocycles. The van der Waals surface area contributed by atoms with E-state index in [1.54, 1.807) is 17.8 Å². The molecule has 1 atom stereocenters. The zero-order valence-electron chi connectivity index (χ0n) is 13.4. The molecule has 2 aliphatic rings. The second-order valence-corrected chi connectivity index (χ2v) is 8.14. The van der Waals surface area contributed by atoms with Crippen molar-refractivity contribution in [3.8, 4) is 5.75 Å². The first-order chi connectivity index (χ1) is 10.8. The second kappa shape index (κ2) is 5.98. The summed E-state index contributed by atoms with van der Waals surface area (Å²) in [5.41, 5.74) is -1.05. The van der Waals surface area contributed by atoms with Gasteiger partial charge >= 0.3 is 0 Å². The van der Waals surface area contributed by atoms with Crippen molar-refractivity contribution in [2.45, 2.75) is 50.4 Å². The SMILES string of the molecule is CC1(C)CC(NC(=O)C2(O)CCSCC2)c2ccc(F)cc2O1. The third-order valence-electron chi connectivity index (χ3n) is 4.48. The van der Waals surface area contributed by atoms with Crippen molar-refractivity contribution in [1.82, 2.24) is 5.32 Å². The molecule has 0 bridgehead atoms. The number of amides is 1. The lowest BCUT2D eigenvalue weighted by Crippen LogP contribution is -2.51. The van der Waals surface area contributed by atoms with E-state index in [9.17, 15) is 14.3 Å². The van der Waals surface area contributed by atoms with Gasteiger partial charge in [-0.1, -0.05) is 6.07 Å². The lowest BCUT2D eigenvalue weighted by molar-refractivity contribution is -0.141. The van der Waals surface area contributed by atoms with E-state index in [0.29, 0.717) is 25.0 Å². The van der Waals surface area contributed by atoms with Gasteiger partial charge in [0.05, 0.1) is 6.04 Å². The van der Waals surface area contributed by atoms with Crippen LogP contribution in [0.3, 0.4) is 0 Å². The number of hydrogen-bond acceptors (Lipinski definition) is 4. The summed E-state index contributed by atoms with van der Waals surface area (Å²) in [6, 6.07) is 4.07. The fourth-order valence-corrected chi connectivity index (χ4v) is 4.35. The largest absolute Gasteiger partial charge is 0.487 e. The first-order valence-electron chi connectivity index (χ1n) is 7.89. The average Bonchev–Trinajstić information content (AvgIpc) is 2.46. The number of carbonyl (C=O) groups is 1. The van der Waals surface area contributed by atoms with Crippen molar-refractivity contribution >= 4 is 17.7 Å². The van der Waals surface area contributed by atoms with Crippen LogP contribution in [-0.2, 0) is 4.79 Å². The van der Waals surface area contributed by atoms with Crippen molar-refractivity contribution in [2.24, 2.45) is 0 Å². The predicted octanol–water partition coefficient (Wildman–Crippen LogP) is 2.80. The van der Waals surface area contributed by atoms with E-state index in [1.807, 2.05) is 13.8 Å². The Balaban J connectivity index is 1.83. The molecule has 0 aromatic heterocycles. The number of rotatable bonds is 2. The van der Waals surface area contributed by atoms with Gasteiger partial charge in [0.2, 0.25) is 0 Å². The average molecular weight is 339 g/mol. The number of halogens is 1. The second-order valence-electron chi connectivity index (χ2n) is 6.92. The van der Waals surface area contributed by atoms with Gasteiger partial charge in [-0.3, -0.25) is 4.79 Å². The number of thioether (sulfide) groups is 1. The van der Waals surface area contributed by atoms with E-state index in [0.717, 1.165) is 17.1 Å². The van der Waals surface area contributed by atoms with Gasteiger partial charge in [-0.2, -0.15) is 11.8 Å². The summed E-state index contributed by atoms with van der Waals surface area (Å²) in [4.78, 5) is 12.6. The van der Waals surface area contributed by atoms with Crippen molar-refractivity contribution in [3.05, 3.63) is 29.6 Å². The molecule has 0 radical (unpaired) electrons. The number of fused-ring (bicyclic) bond motifs is 1. The maximum absolute atomic E-state index is 13.5. The van der Waals surface area contributed by atoms with E-state index >= 15 is 0 Å². The molecular formula is C17H22FNO3S. The molecule has 1 fully saturated rings. The minimum absolute atomic E-state index is 0.291. The molecule has 3 rings (SSSR count). The molecule has 23 heavy (non-hydrogen) atoms. The summed E-state index contributed by atoms with van der Waals surface area (Å²) >= 11 is 1.75. The van der Waals surface area contributed by atoms with Gasteiger partial charge in [0.15, 0.2) is 0 Å². The Hall–Kier alpha value is -1.27. The molecule has 4 nitrogen and oxygen atoms in total. The van der Waals surface area contributed by atoms with Crippen LogP contribution in [0.2, 0.25) is 0 Å². The molecule has 6 heteroatoms. The highest BCUT2D eigenvalue weighted by molar-refractivity contribution is 7.99. The fraction of sp³-hybridized carbons (Fsp3) is 0.588. The molecular weight excluding hydrogens is 317 g/mol. The predicted molar refractivity (Wildman–Crippen MR) is 88.1 cm³/mol. The normalized spacial score (nSPS) is 25.1. The lowest BCUT2D eigenvalue weighted by atomic mass is 9.88. The van der Waals surface area contributed by atoms with Crippen LogP contribution in [0.4, 0.5) is 4.39 Å². The highest BCUT2D eigenvalue weighted by atomic mass is 32.2. The molecule has 1 amide bonds. The summed E-state index contributed by atoms with van der Waals surface area (Å²) in [5, 5.41) is 13.5. The smallest absolute Gasteiger partial charge is 0.252 e. The van der Waals surface area contributed by atoms with E-state index < -0.39 is 11.2 Å². The van der Waals surface area contributed by atoms with Crippen molar-refractivity contribution < 1.29 is 19.0 Å². The summed E-state index contributed by atoms with van der Waals surface area (Å²) in [7, 11) is 0. The minimum atomic E-state index is -1.30. The number of aliphatic hydroxyl groups is 1. The van der Waals surface area contributed by atoms with Crippen molar-refractivity contribution in [3.63, 3.8) is 0 Å². The van der Waals surface area contributed by atoms with Crippen LogP contribution in [0.5, 0.6) is 5.75 Å². The standard InChI is InChI=1S/C17H22FNO3S/c1-16(2)10-13(12-4-3-11(18)9-14(12)22-16)19-15(20)17(21)5-7-23-8-6-17/h3-4,9,13,21H,5-8,10H2,1-2H3,(H,19,20). The number of nitrogens with one attached hydrogen (secondary N) is 1. The van der Waals surface area contributed by atoms with Crippen molar-refractivity contribution in [2.75, 3.05) is 11.5 Å². The quantitative estimate of drug-likeness (QED) is 0.870. The Morgan fingerprint density at radius 1 is 1.39 bits per heavy atom. The zero-order chi connectivity index (χ0) is 16.7. The molecule has 2 aliphatic heterocycles. The van der Waals surface area contributed by atoms with Crippen LogP contribution < -0.4 is 10.1 Å². The minimum Gasteiger partial charge on any atom is -0.487 e. The summed E-state index contributed by atoms with van der Waals surface area (Å²) in [5.74, 6) is 1.32. The summed E-state index contributed by atoms with van der Waals surface area (Å²) in [6.45, 7) is 3.82. The van der Waals surface area contributed by atoms with Crippen LogP contribution in [0.1, 0.15) is 44.7 Å². The number of benzene rings is 1.